The number of esters is 1. The number of amides is 1. The van der Waals surface area contributed by atoms with Gasteiger partial charge in [0, 0.05) is 5.56 Å². The lowest BCUT2D eigenvalue weighted by Crippen LogP contribution is -2.28. The van der Waals surface area contributed by atoms with Crippen LogP contribution in [0.4, 0.5) is 0 Å². The number of hydrogen-bond acceptors (Lipinski definition) is 5. The Morgan fingerprint density at radius 3 is 2.44 bits per heavy atom. The summed E-state index contributed by atoms with van der Waals surface area (Å²) in [4.78, 5) is 30.3. The van der Waals surface area contributed by atoms with Crippen LogP contribution in [-0.2, 0) is 16.1 Å². The molecule has 1 amide bonds. The van der Waals surface area contributed by atoms with Gasteiger partial charge >= 0.3 is 5.97 Å². The highest BCUT2D eigenvalue weighted by Crippen LogP contribution is 2.27. The van der Waals surface area contributed by atoms with Crippen molar-refractivity contribution in [3.63, 3.8) is 0 Å². The van der Waals surface area contributed by atoms with Gasteiger partial charge in [0.05, 0.1) is 17.3 Å². The van der Waals surface area contributed by atoms with Crippen LogP contribution in [0.15, 0.2) is 77.8 Å². The van der Waals surface area contributed by atoms with Gasteiger partial charge in [-0.2, -0.15) is 4.99 Å². The number of methoxy groups -OCH3 is 1. The third-order valence-corrected chi connectivity index (χ3v) is 6.53. The number of carbonyl (C=O) groups excluding carboxylic acids is 2. The molecule has 1 heterocycles. The maximum absolute atomic E-state index is 12.9. The van der Waals surface area contributed by atoms with Crippen molar-refractivity contribution in [3.05, 3.63) is 94.3 Å². The molecular weight excluding hydrogens is 448 g/mol. The molecule has 1 atom stereocenters. The lowest BCUT2D eigenvalue weighted by molar-refractivity contribution is -0.144. The Morgan fingerprint density at radius 1 is 1.03 bits per heavy atom. The van der Waals surface area contributed by atoms with E-state index >= 15 is 0 Å². The number of rotatable bonds is 7. The van der Waals surface area contributed by atoms with Crippen LogP contribution in [0, 0.1) is 6.92 Å². The molecule has 4 aromatic rings. The normalized spacial score (nSPS) is 12.5. The maximum Gasteiger partial charge on any atom is 0.328 e. The highest BCUT2D eigenvalue weighted by atomic mass is 32.1. The number of fused-ring (bicyclic) bond motifs is 1. The second-order valence-electron chi connectivity index (χ2n) is 7.89. The molecule has 0 saturated heterocycles. The molecule has 0 bridgehead atoms. The molecule has 0 spiro atoms. The van der Waals surface area contributed by atoms with Crippen LogP contribution >= 0.6 is 11.3 Å². The minimum absolute atomic E-state index is 0.361. The Morgan fingerprint density at radius 2 is 1.76 bits per heavy atom. The van der Waals surface area contributed by atoms with E-state index in [4.69, 9.17) is 9.47 Å². The van der Waals surface area contributed by atoms with Crippen molar-refractivity contribution in [1.82, 2.24) is 4.57 Å². The van der Waals surface area contributed by atoms with Gasteiger partial charge in [-0.25, -0.2) is 4.79 Å². The SMILES string of the molecule is CCC(C(=O)OC)n1/c(=N/C(=O)c2ccc(C)cc2)sc2cc(OCc3ccccc3)ccc21. The fraction of sp³-hybridized carbons (Fsp3) is 0.222. The number of benzene rings is 3. The first-order valence-corrected chi connectivity index (χ1v) is 11.9. The second-order valence-corrected chi connectivity index (χ2v) is 8.90. The van der Waals surface area contributed by atoms with E-state index in [2.05, 4.69) is 4.99 Å². The molecule has 0 saturated carbocycles. The Labute approximate surface area is 202 Å². The summed E-state index contributed by atoms with van der Waals surface area (Å²) in [6.07, 6.45) is 0.497. The molecule has 6 nitrogen and oxygen atoms in total. The Balaban J connectivity index is 1.77. The largest absolute Gasteiger partial charge is 0.489 e. The number of nitrogens with zero attached hydrogens (tertiary/aromatic N) is 2. The number of carbonyl (C=O) groups is 2. The summed E-state index contributed by atoms with van der Waals surface area (Å²) < 4.78 is 13.7. The van der Waals surface area contributed by atoms with Crippen molar-refractivity contribution in [3.8, 4) is 5.75 Å². The fourth-order valence-corrected chi connectivity index (χ4v) is 4.77. The van der Waals surface area contributed by atoms with Gasteiger partial charge < -0.3 is 14.0 Å². The van der Waals surface area contributed by atoms with Gasteiger partial charge in [-0.15, -0.1) is 0 Å². The number of aryl methyl sites for hydroxylation is 1. The van der Waals surface area contributed by atoms with Gasteiger partial charge in [-0.3, -0.25) is 4.79 Å². The van der Waals surface area contributed by atoms with E-state index in [-0.39, 0.29) is 11.9 Å². The molecule has 0 N–H and O–H groups in total. The first kappa shape index (κ1) is 23.4. The van der Waals surface area contributed by atoms with Crippen LogP contribution in [0.2, 0.25) is 0 Å². The topological polar surface area (TPSA) is 69.9 Å². The molecule has 0 aliphatic carbocycles. The average Bonchev–Trinajstić information content (AvgIpc) is 3.20. The van der Waals surface area contributed by atoms with Crippen molar-refractivity contribution < 1.29 is 19.1 Å². The monoisotopic (exact) mass is 474 g/mol. The minimum atomic E-state index is -0.598. The maximum atomic E-state index is 12.9. The van der Waals surface area contributed by atoms with Gasteiger partial charge in [0.2, 0.25) is 0 Å². The van der Waals surface area contributed by atoms with E-state index in [1.54, 1.807) is 16.7 Å². The summed E-state index contributed by atoms with van der Waals surface area (Å²) in [6.45, 7) is 4.31. The lowest BCUT2D eigenvalue weighted by atomic mass is 10.1. The van der Waals surface area contributed by atoms with Gasteiger partial charge in [-0.1, -0.05) is 66.3 Å². The standard InChI is InChI=1S/C27H26N2O4S/c1-4-22(26(31)32-3)29-23-15-14-21(33-17-19-8-6-5-7-9-19)16-24(23)34-27(29)28-25(30)20-12-10-18(2)11-13-20/h5-16,22H,4,17H2,1-3H3/b28-27-. The zero-order valence-corrected chi connectivity index (χ0v) is 20.2. The molecule has 0 radical (unpaired) electrons. The zero-order chi connectivity index (χ0) is 24.1. The van der Waals surface area contributed by atoms with E-state index in [0.29, 0.717) is 29.1 Å². The smallest absolute Gasteiger partial charge is 0.328 e. The highest BCUT2D eigenvalue weighted by molar-refractivity contribution is 7.16. The third-order valence-electron chi connectivity index (χ3n) is 5.51. The molecule has 7 heteroatoms. The first-order valence-electron chi connectivity index (χ1n) is 11.1. The summed E-state index contributed by atoms with van der Waals surface area (Å²) in [5, 5.41) is 0. The lowest BCUT2D eigenvalue weighted by Gasteiger charge is -2.16. The first-order chi connectivity index (χ1) is 16.5. The molecule has 1 unspecified atom stereocenters. The molecule has 0 fully saturated rings. The number of hydrogen-bond donors (Lipinski definition) is 0. The molecular formula is C27H26N2O4S. The van der Waals surface area contributed by atoms with E-state index in [0.717, 1.165) is 21.3 Å². The highest BCUT2D eigenvalue weighted by Gasteiger charge is 2.23. The van der Waals surface area contributed by atoms with Crippen LogP contribution in [0.3, 0.4) is 0 Å². The third kappa shape index (κ3) is 5.10. The van der Waals surface area contributed by atoms with Crippen LogP contribution in [0.5, 0.6) is 5.75 Å². The quantitative estimate of drug-likeness (QED) is 0.334. The summed E-state index contributed by atoms with van der Waals surface area (Å²) in [7, 11) is 1.36. The van der Waals surface area contributed by atoms with E-state index in [1.165, 1.54) is 18.4 Å². The van der Waals surface area contributed by atoms with Crippen LogP contribution < -0.4 is 9.54 Å². The average molecular weight is 475 g/mol. The Hall–Kier alpha value is -3.71. The number of aromatic nitrogens is 1. The van der Waals surface area contributed by atoms with Crippen molar-refractivity contribution in [1.29, 1.82) is 0 Å². The van der Waals surface area contributed by atoms with E-state index in [1.807, 2.05) is 74.5 Å². The summed E-state index contributed by atoms with van der Waals surface area (Å²) in [5.74, 6) is -0.0382. The predicted molar refractivity (Wildman–Crippen MR) is 133 cm³/mol. The molecule has 0 aliphatic rings. The van der Waals surface area contributed by atoms with Crippen molar-refractivity contribution in [2.75, 3.05) is 7.11 Å². The van der Waals surface area contributed by atoms with E-state index in [9.17, 15) is 9.59 Å². The minimum Gasteiger partial charge on any atom is -0.489 e. The van der Waals surface area contributed by atoms with E-state index < -0.39 is 6.04 Å². The molecule has 174 valence electrons. The molecule has 3 aromatic carbocycles. The van der Waals surface area contributed by atoms with Crippen LogP contribution in [0.25, 0.3) is 10.2 Å². The Bertz CT molecular complexity index is 1370. The summed E-state index contributed by atoms with van der Waals surface area (Å²) >= 11 is 1.35. The summed E-state index contributed by atoms with van der Waals surface area (Å²) in [5.41, 5.74) is 3.42. The van der Waals surface area contributed by atoms with Crippen molar-refractivity contribution >= 4 is 33.4 Å². The van der Waals surface area contributed by atoms with Gasteiger partial charge in [0.25, 0.3) is 5.91 Å². The zero-order valence-electron chi connectivity index (χ0n) is 19.4. The predicted octanol–water partition coefficient (Wildman–Crippen LogP) is 5.46. The van der Waals surface area contributed by atoms with Gasteiger partial charge in [-0.05, 0) is 49.2 Å². The number of thiazole rings is 1. The fourth-order valence-electron chi connectivity index (χ4n) is 3.67. The molecule has 4 rings (SSSR count). The van der Waals surface area contributed by atoms with Gasteiger partial charge in [0.1, 0.15) is 18.4 Å². The second kappa shape index (κ2) is 10.5. The summed E-state index contributed by atoms with van der Waals surface area (Å²) in [6, 6.07) is 22.3. The molecule has 1 aromatic heterocycles. The molecule has 34 heavy (non-hydrogen) atoms. The van der Waals surface area contributed by atoms with Crippen molar-refractivity contribution in [2.45, 2.75) is 32.9 Å². The van der Waals surface area contributed by atoms with Crippen molar-refractivity contribution in [2.24, 2.45) is 4.99 Å². The van der Waals surface area contributed by atoms with Crippen LogP contribution in [-0.4, -0.2) is 23.6 Å². The van der Waals surface area contributed by atoms with Gasteiger partial charge in [0.15, 0.2) is 4.80 Å². The molecule has 0 aliphatic heterocycles. The Kier molecular flexibility index (Phi) is 7.23. The number of ether oxygens (including phenoxy) is 2. The van der Waals surface area contributed by atoms with Crippen LogP contribution in [0.1, 0.15) is 40.9 Å².